The molecule has 0 atom stereocenters. The fraction of sp³-hybridized carbons (Fsp3) is 0.0625. The van der Waals surface area contributed by atoms with Gasteiger partial charge in [0.15, 0.2) is 0 Å². The van der Waals surface area contributed by atoms with Crippen molar-refractivity contribution in [1.82, 2.24) is 4.57 Å². The first-order chi connectivity index (χ1) is 9.28. The summed E-state index contributed by atoms with van der Waals surface area (Å²) in [4.78, 5) is 0. The fourth-order valence-electron chi connectivity index (χ4n) is 2.26. The first-order valence-corrected chi connectivity index (χ1v) is 6.38. The first-order valence-electron chi connectivity index (χ1n) is 6.00. The number of hydrogen-bond acceptors (Lipinski definition) is 1. The third-order valence-electron chi connectivity index (χ3n) is 3.21. The van der Waals surface area contributed by atoms with E-state index in [1.165, 1.54) is 0 Å². The van der Waals surface area contributed by atoms with Gasteiger partial charge < -0.3 is 4.57 Å². The largest absolute Gasteiger partial charge is 0.343 e. The van der Waals surface area contributed by atoms with Crippen LogP contribution in [0.2, 0.25) is 5.02 Å². The highest BCUT2D eigenvalue weighted by Gasteiger charge is 2.05. The molecule has 0 radical (unpaired) electrons. The Bertz CT molecular complexity index is 781. The van der Waals surface area contributed by atoms with E-state index >= 15 is 0 Å². The molecular weight excluding hydrogens is 256 g/mol. The standard InChI is InChI=1S/C16H11ClN2/c17-15-5-6-16-12(9-15)7-8-19(16)11-14-4-2-1-3-13(14)10-18/h1-9H,11H2. The monoisotopic (exact) mass is 266 g/mol. The minimum absolute atomic E-state index is 0.689. The Kier molecular flexibility index (Phi) is 2.98. The molecule has 2 aromatic carbocycles. The minimum atomic E-state index is 0.689. The predicted octanol–water partition coefficient (Wildman–Crippen LogP) is 4.21. The SMILES string of the molecule is N#Cc1ccccc1Cn1ccc2cc(Cl)ccc21. The van der Waals surface area contributed by atoms with Crippen LogP contribution < -0.4 is 0 Å². The lowest BCUT2D eigenvalue weighted by molar-refractivity contribution is 0.834. The zero-order valence-corrected chi connectivity index (χ0v) is 10.9. The van der Waals surface area contributed by atoms with Crippen LogP contribution in [0, 0.1) is 11.3 Å². The summed E-state index contributed by atoms with van der Waals surface area (Å²) >= 11 is 5.98. The van der Waals surface area contributed by atoms with E-state index in [0.717, 1.165) is 27.1 Å². The molecule has 3 rings (SSSR count). The van der Waals surface area contributed by atoms with Crippen LogP contribution >= 0.6 is 11.6 Å². The Morgan fingerprint density at radius 2 is 1.95 bits per heavy atom. The normalized spacial score (nSPS) is 10.5. The summed E-state index contributed by atoms with van der Waals surface area (Å²) in [5.41, 5.74) is 2.87. The maximum Gasteiger partial charge on any atom is 0.0995 e. The molecular formula is C16H11ClN2. The van der Waals surface area contributed by atoms with Crippen molar-refractivity contribution in [2.24, 2.45) is 0 Å². The number of halogens is 1. The number of fused-ring (bicyclic) bond motifs is 1. The van der Waals surface area contributed by atoms with Crippen molar-refractivity contribution >= 4 is 22.5 Å². The van der Waals surface area contributed by atoms with Crippen molar-refractivity contribution in [3.05, 3.63) is 70.9 Å². The molecule has 1 aromatic heterocycles. The fourth-order valence-corrected chi connectivity index (χ4v) is 2.44. The summed E-state index contributed by atoms with van der Waals surface area (Å²) in [6.07, 6.45) is 2.02. The van der Waals surface area contributed by atoms with Crippen LogP contribution in [0.15, 0.2) is 54.7 Å². The predicted molar refractivity (Wildman–Crippen MR) is 77.2 cm³/mol. The van der Waals surface area contributed by atoms with E-state index in [2.05, 4.69) is 10.6 Å². The number of hydrogen-bond donors (Lipinski definition) is 0. The van der Waals surface area contributed by atoms with Crippen molar-refractivity contribution in [3.63, 3.8) is 0 Å². The highest BCUT2D eigenvalue weighted by atomic mass is 35.5. The topological polar surface area (TPSA) is 28.7 Å². The van der Waals surface area contributed by atoms with E-state index in [1.807, 2.05) is 54.7 Å². The molecule has 2 nitrogen and oxygen atoms in total. The average molecular weight is 267 g/mol. The van der Waals surface area contributed by atoms with E-state index in [-0.39, 0.29) is 0 Å². The van der Waals surface area contributed by atoms with Crippen molar-refractivity contribution < 1.29 is 0 Å². The lowest BCUT2D eigenvalue weighted by Gasteiger charge is -2.07. The first kappa shape index (κ1) is 11.8. The Labute approximate surface area is 116 Å². The summed E-state index contributed by atoms with van der Waals surface area (Å²) in [5.74, 6) is 0. The van der Waals surface area contributed by atoms with Crippen LogP contribution in [0.5, 0.6) is 0 Å². The van der Waals surface area contributed by atoms with Gasteiger partial charge in [0.05, 0.1) is 11.6 Å². The highest BCUT2D eigenvalue weighted by molar-refractivity contribution is 6.31. The lowest BCUT2D eigenvalue weighted by atomic mass is 10.1. The molecule has 0 saturated heterocycles. The molecule has 0 aliphatic carbocycles. The van der Waals surface area contributed by atoms with E-state index in [9.17, 15) is 0 Å². The minimum Gasteiger partial charge on any atom is -0.343 e. The zero-order chi connectivity index (χ0) is 13.2. The molecule has 0 saturated carbocycles. The molecule has 92 valence electrons. The molecule has 0 aliphatic heterocycles. The second-order valence-electron chi connectivity index (χ2n) is 4.42. The molecule has 1 heterocycles. The average Bonchev–Trinajstić information content (AvgIpc) is 2.82. The van der Waals surface area contributed by atoms with Crippen LogP contribution in [0.4, 0.5) is 0 Å². The molecule has 0 unspecified atom stereocenters. The van der Waals surface area contributed by atoms with E-state index in [0.29, 0.717) is 6.54 Å². The molecule has 19 heavy (non-hydrogen) atoms. The van der Waals surface area contributed by atoms with Crippen LogP contribution in [-0.4, -0.2) is 4.57 Å². The molecule has 0 amide bonds. The number of rotatable bonds is 2. The molecule has 3 aromatic rings. The Morgan fingerprint density at radius 3 is 2.79 bits per heavy atom. The molecule has 0 spiro atoms. The molecule has 0 N–H and O–H groups in total. The maximum absolute atomic E-state index is 9.12. The quantitative estimate of drug-likeness (QED) is 0.683. The van der Waals surface area contributed by atoms with Gasteiger partial charge in [-0.05, 0) is 35.9 Å². The van der Waals surface area contributed by atoms with E-state index in [4.69, 9.17) is 16.9 Å². The summed E-state index contributed by atoms with van der Waals surface area (Å²) in [5, 5.41) is 11.0. The van der Waals surface area contributed by atoms with Gasteiger partial charge in [0, 0.05) is 28.7 Å². The van der Waals surface area contributed by atoms with Gasteiger partial charge in [0.2, 0.25) is 0 Å². The smallest absolute Gasteiger partial charge is 0.0995 e. The number of nitriles is 1. The van der Waals surface area contributed by atoms with Crippen molar-refractivity contribution in [3.8, 4) is 6.07 Å². The summed E-state index contributed by atoms with van der Waals surface area (Å²) in [7, 11) is 0. The molecule has 3 heteroatoms. The van der Waals surface area contributed by atoms with Crippen molar-refractivity contribution in [1.29, 1.82) is 5.26 Å². The van der Waals surface area contributed by atoms with E-state index in [1.54, 1.807) is 0 Å². The number of aromatic nitrogens is 1. The van der Waals surface area contributed by atoms with Gasteiger partial charge in [0.1, 0.15) is 0 Å². The van der Waals surface area contributed by atoms with Crippen LogP contribution in [0.1, 0.15) is 11.1 Å². The van der Waals surface area contributed by atoms with Gasteiger partial charge in [-0.3, -0.25) is 0 Å². The third kappa shape index (κ3) is 2.21. The van der Waals surface area contributed by atoms with Gasteiger partial charge >= 0.3 is 0 Å². The Hall–Kier alpha value is -2.24. The van der Waals surface area contributed by atoms with Crippen LogP contribution in [0.25, 0.3) is 10.9 Å². The summed E-state index contributed by atoms with van der Waals surface area (Å²) in [6.45, 7) is 0.689. The molecule has 0 aliphatic rings. The Balaban J connectivity index is 2.04. The lowest BCUT2D eigenvalue weighted by Crippen LogP contribution is -1.99. The van der Waals surface area contributed by atoms with Crippen molar-refractivity contribution in [2.45, 2.75) is 6.54 Å². The summed E-state index contributed by atoms with van der Waals surface area (Å²) < 4.78 is 2.13. The maximum atomic E-state index is 9.12. The van der Waals surface area contributed by atoms with Crippen LogP contribution in [0.3, 0.4) is 0 Å². The molecule has 0 bridgehead atoms. The van der Waals surface area contributed by atoms with Gasteiger partial charge in [-0.15, -0.1) is 0 Å². The number of benzene rings is 2. The van der Waals surface area contributed by atoms with Gasteiger partial charge in [-0.25, -0.2) is 0 Å². The van der Waals surface area contributed by atoms with E-state index < -0.39 is 0 Å². The highest BCUT2D eigenvalue weighted by Crippen LogP contribution is 2.22. The zero-order valence-electron chi connectivity index (χ0n) is 10.2. The third-order valence-corrected chi connectivity index (χ3v) is 3.45. The Morgan fingerprint density at radius 1 is 1.11 bits per heavy atom. The summed E-state index contributed by atoms with van der Waals surface area (Å²) in [6, 6.07) is 17.8. The second kappa shape index (κ2) is 4.79. The van der Waals surface area contributed by atoms with Gasteiger partial charge in [0.25, 0.3) is 0 Å². The van der Waals surface area contributed by atoms with Crippen molar-refractivity contribution in [2.75, 3.05) is 0 Å². The second-order valence-corrected chi connectivity index (χ2v) is 4.85. The molecule has 0 fully saturated rings. The van der Waals surface area contributed by atoms with Crippen LogP contribution in [-0.2, 0) is 6.54 Å². The van der Waals surface area contributed by atoms with Gasteiger partial charge in [-0.2, -0.15) is 5.26 Å². The number of nitrogens with zero attached hydrogens (tertiary/aromatic N) is 2. The van der Waals surface area contributed by atoms with Gasteiger partial charge in [-0.1, -0.05) is 29.8 Å².